The monoisotopic (exact) mass is 478 g/mol. The number of fused-ring (bicyclic) bond motifs is 3. The van der Waals surface area contributed by atoms with Crippen molar-refractivity contribution in [3.8, 4) is 28.2 Å². The van der Waals surface area contributed by atoms with Crippen molar-refractivity contribution in [3.05, 3.63) is 112 Å². The molecule has 0 saturated carbocycles. The van der Waals surface area contributed by atoms with Crippen LogP contribution in [-0.2, 0) is 4.79 Å². The van der Waals surface area contributed by atoms with Gasteiger partial charge in [0.25, 0.3) is 0 Å². The highest BCUT2D eigenvalue weighted by molar-refractivity contribution is 5.90. The number of ether oxygens (including phenoxy) is 1. The first kappa shape index (κ1) is 21.6. The van der Waals surface area contributed by atoms with E-state index in [2.05, 4.69) is 0 Å². The van der Waals surface area contributed by atoms with E-state index in [4.69, 9.17) is 18.7 Å². The lowest BCUT2D eigenvalue weighted by Crippen LogP contribution is -2.21. The van der Waals surface area contributed by atoms with Crippen LogP contribution in [0.25, 0.3) is 33.4 Å². The number of carbonyl (C=O) groups excluding carboxylic acids is 1. The number of hydrogen-bond acceptors (Lipinski definition) is 6. The van der Waals surface area contributed by atoms with Gasteiger partial charge < -0.3 is 18.7 Å². The smallest absolute Gasteiger partial charge is 0.335 e. The molecule has 7 nitrogen and oxygen atoms in total. The molecule has 5 aromatic rings. The number of aromatic carboxylic acids is 1. The van der Waals surface area contributed by atoms with Crippen LogP contribution in [0.3, 0.4) is 0 Å². The highest BCUT2D eigenvalue weighted by atomic mass is 16.5. The second-order valence-corrected chi connectivity index (χ2v) is 8.51. The molecule has 1 aliphatic rings. The van der Waals surface area contributed by atoms with E-state index in [1.807, 2.05) is 30.3 Å². The van der Waals surface area contributed by atoms with Crippen molar-refractivity contribution in [3.63, 3.8) is 0 Å². The summed E-state index contributed by atoms with van der Waals surface area (Å²) in [5.74, 6) is -0.601. The summed E-state index contributed by atoms with van der Waals surface area (Å²) in [6.45, 7) is 0. The zero-order valence-electron chi connectivity index (χ0n) is 18.8. The standard InChI is InChI=1S/C29H18O7/c30-25-14-20(23-13-12-22(35-23)17-6-8-18(9-7-17)29(32)33)26-24(36-25)11-10-19-27(31)21(15-34-28(19)26)16-4-2-1-3-5-16/h1-13,15,20H,14H2,(H,32,33)/t20-/m0/s1. The SMILES string of the molecule is O=C1C[C@@H](c2ccc(-c3ccc(C(=O)O)cc3)o2)c2c(ccc3c(=O)c(-c4ccccc4)coc23)O1. The molecule has 3 aromatic carbocycles. The molecule has 1 atom stereocenters. The van der Waals surface area contributed by atoms with E-state index in [1.165, 1.54) is 18.4 Å². The van der Waals surface area contributed by atoms with Crippen molar-refractivity contribution in [2.45, 2.75) is 12.3 Å². The van der Waals surface area contributed by atoms with E-state index in [1.54, 1.807) is 36.4 Å². The van der Waals surface area contributed by atoms with Crippen LogP contribution in [0.15, 0.2) is 98.8 Å². The summed E-state index contributed by atoms with van der Waals surface area (Å²) < 4.78 is 17.6. The molecule has 0 fully saturated rings. The van der Waals surface area contributed by atoms with E-state index in [9.17, 15) is 14.4 Å². The molecule has 0 aliphatic carbocycles. The van der Waals surface area contributed by atoms with Gasteiger partial charge >= 0.3 is 11.9 Å². The summed E-state index contributed by atoms with van der Waals surface area (Å²) in [7, 11) is 0. The van der Waals surface area contributed by atoms with Gasteiger partial charge in [0.15, 0.2) is 0 Å². The largest absolute Gasteiger partial charge is 0.478 e. The molecule has 0 spiro atoms. The molecule has 7 heteroatoms. The number of carboxylic acid groups (broad SMARTS) is 1. The van der Waals surface area contributed by atoms with Gasteiger partial charge in [0.1, 0.15) is 29.1 Å². The fourth-order valence-electron chi connectivity index (χ4n) is 4.59. The average molecular weight is 478 g/mol. The van der Waals surface area contributed by atoms with Gasteiger partial charge in [-0.25, -0.2) is 4.79 Å². The summed E-state index contributed by atoms with van der Waals surface area (Å²) in [6, 6.07) is 22.3. The van der Waals surface area contributed by atoms with Crippen LogP contribution in [0.5, 0.6) is 5.75 Å². The molecule has 2 aromatic heterocycles. The van der Waals surface area contributed by atoms with Crippen molar-refractivity contribution < 1.29 is 28.3 Å². The Bertz CT molecular complexity index is 1690. The molecule has 6 rings (SSSR count). The molecule has 0 amide bonds. The third kappa shape index (κ3) is 3.58. The number of carbonyl (C=O) groups is 2. The Hall–Kier alpha value is -4.91. The van der Waals surface area contributed by atoms with Gasteiger partial charge in [0.2, 0.25) is 5.43 Å². The Balaban J connectivity index is 1.46. The molecule has 3 heterocycles. The lowest BCUT2D eigenvalue weighted by Gasteiger charge is -2.23. The van der Waals surface area contributed by atoms with Crippen LogP contribution >= 0.6 is 0 Å². The molecule has 0 unspecified atom stereocenters. The van der Waals surface area contributed by atoms with Gasteiger partial charge in [-0.15, -0.1) is 0 Å². The summed E-state index contributed by atoms with van der Waals surface area (Å²) in [5.41, 5.74) is 2.80. The van der Waals surface area contributed by atoms with Gasteiger partial charge in [-0.05, 0) is 42.0 Å². The van der Waals surface area contributed by atoms with Crippen LogP contribution in [0.1, 0.15) is 34.0 Å². The van der Waals surface area contributed by atoms with Crippen LogP contribution in [0.4, 0.5) is 0 Å². The Kier molecular flexibility index (Phi) is 5.04. The lowest BCUT2D eigenvalue weighted by atomic mass is 9.88. The van der Waals surface area contributed by atoms with Crippen LogP contribution in [-0.4, -0.2) is 17.0 Å². The number of esters is 1. The number of benzene rings is 3. The van der Waals surface area contributed by atoms with Crippen LogP contribution in [0, 0.1) is 0 Å². The summed E-state index contributed by atoms with van der Waals surface area (Å²) >= 11 is 0. The van der Waals surface area contributed by atoms with Gasteiger partial charge in [-0.3, -0.25) is 9.59 Å². The van der Waals surface area contributed by atoms with Gasteiger partial charge in [-0.2, -0.15) is 0 Å². The average Bonchev–Trinajstić information content (AvgIpc) is 3.39. The second-order valence-electron chi connectivity index (χ2n) is 8.51. The van der Waals surface area contributed by atoms with Gasteiger partial charge in [-0.1, -0.05) is 42.5 Å². The van der Waals surface area contributed by atoms with E-state index >= 15 is 0 Å². The third-order valence-corrected chi connectivity index (χ3v) is 6.35. The van der Waals surface area contributed by atoms with E-state index in [0.29, 0.717) is 44.9 Å². The Morgan fingerprint density at radius 2 is 1.64 bits per heavy atom. The zero-order valence-corrected chi connectivity index (χ0v) is 18.8. The van der Waals surface area contributed by atoms with Crippen molar-refractivity contribution in [2.75, 3.05) is 0 Å². The molecule has 36 heavy (non-hydrogen) atoms. The summed E-state index contributed by atoms with van der Waals surface area (Å²) in [4.78, 5) is 36.9. The van der Waals surface area contributed by atoms with E-state index in [-0.39, 0.29) is 17.4 Å². The van der Waals surface area contributed by atoms with Crippen LogP contribution < -0.4 is 10.2 Å². The molecule has 0 radical (unpaired) electrons. The maximum Gasteiger partial charge on any atom is 0.335 e. The predicted molar refractivity (Wildman–Crippen MR) is 131 cm³/mol. The third-order valence-electron chi connectivity index (χ3n) is 6.35. The Morgan fingerprint density at radius 3 is 2.39 bits per heavy atom. The minimum absolute atomic E-state index is 0.0150. The molecule has 1 N–H and O–H groups in total. The van der Waals surface area contributed by atoms with Crippen molar-refractivity contribution >= 4 is 22.9 Å². The highest BCUT2D eigenvalue weighted by Crippen LogP contribution is 2.44. The normalized spacial score (nSPS) is 14.9. The van der Waals surface area contributed by atoms with E-state index in [0.717, 1.165) is 5.56 Å². The first-order valence-corrected chi connectivity index (χ1v) is 11.3. The topological polar surface area (TPSA) is 107 Å². The van der Waals surface area contributed by atoms with Gasteiger partial charge in [0, 0.05) is 11.1 Å². The first-order chi connectivity index (χ1) is 17.5. The molecular formula is C29H18O7. The number of carboxylic acids is 1. The zero-order chi connectivity index (χ0) is 24.8. The van der Waals surface area contributed by atoms with Crippen molar-refractivity contribution in [1.29, 1.82) is 0 Å². The highest BCUT2D eigenvalue weighted by Gasteiger charge is 2.34. The van der Waals surface area contributed by atoms with Gasteiger partial charge in [0.05, 0.1) is 28.9 Å². The van der Waals surface area contributed by atoms with E-state index < -0.39 is 17.9 Å². The molecule has 176 valence electrons. The first-order valence-electron chi connectivity index (χ1n) is 11.3. The Labute approximate surface area is 204 Å². The molecule has 0 saturated heterocycles. The Morgan fingerprint density at radius 1 is 0.861 bits per heavy atom. The minimum atomic E-state index is -1.01. The fourth-order valence-corrected chi connectivity index (χ4v) is 4.59. The number of rotatable bonds is 4. The van der Waals surface area contributed by atoms with Crippen molar-refractivity contribution in [1.82, 2.24) is 0 Å². The maximum atomic E-state index is 13.4. The summed E-state index contributed by atoms with van der Waals surface area (Å²) in [5, 5.41) is 9.51. The van der Waals surface area contributed by atoms with Crippen molar-refractivity contribution in [2.24, 2.45) is 0 Å². The molecular weight excluding hydrogens is 460 g/mol. The predicted octanol–water partition coefficient (Wildman–Crippen LogP) is 5.86. The number of hydrogen-bond donors (Lipinski definition) is 1. The number of furan rings is 1. The lowest BCUT2D eigenvalue weighted by molar-refractivity contribution is -0.135. The van der Waals surface area contributed by atoms with Crippen LogP contribution in [0.2, 0.25) is 0 Å². The minimum Gasteiger partial charge on any atom is -0.478 e. The maximum absolute atomic E-state index is 13.4. The summed E-state index contributed by atoms with van der Waals surface area (Å²) in [6.07, 6.45) is 1.45. The molecule has 1 aliphatic heterocycles. The molecule has 0 bridgehead atoms. The quantitative estimate of drug-likeness (QED) is 0.255. The second kappa shape index (κ2) is 8.39. The fraction of sp³-hybridized carbons (Fsp3) is 0.0690.